The molecule has 0 radical (unpaired) electrons. The fourth-order valence-corrected chi connectivity index (χ4v) is 4.89. The summed E-state index contributed by atoms with van der Waals surface area (Å²) in [6.07, 6.45) is 1.79. The van der Waals surface area contributed by atoms with Crippen LogP contribution in [0.5, 0.6) is 5.75 Å². The molecule has 6 nitrogen and oxygen atoms in total. The van der Waals surface area contributed by atoms with Gasteiger partial charge in [-0.3, -0.25) is 9.69 Å². The number of amides is 1. The van der Waals surface area contributed by atoms with Gasteiger partial charge in [0.1, 0.15) is 11.8 Å². The van der Waals surface area contributed by atoms with Crippen molar-refractivity contribution in [3.05, 3.63) is 82.4 Å². The van der Waals surface area contributed by atoms with Crippen LogP contribution in [-0.2, 0) is 11.3 Å². The van der Waals surface area contributed by atoms with E-state index in [1.165, 1.54) is 11.1 Å². The molecule has 0 fully saturated rings. The summed E-state index contributed by atoms with van der Waals surface area (Å²) in [7, 11) is 1.68. The lowest BCUT2D eigenvalue weighted by Gasteiger charge is -2.43. The SMILES string of the molecule is CNC(=O)[C@@H](c1ccccc1)N1CCn2cnc(Cl)c2C1[C@@H](C)COc1ccc(C)c(C)c1. The molecule has 4 rings (SSSR count). The second-order valence-corrected chi connectivity index (χ2v) is 9.12. The van der Waals surface area contributed by atoms with Gasteiger partial charge in [0, 0.05) is 26.1 Å². The second-order valence-electron chi connectivity index (χ2n) is 8.76. The van der Waals surface area contributed by atoms with Gasteiger partial charge in [-0.15, -0.1) is 0 Å². The molecule has 1 aliphatic rings. The van der Waals surface area contributed by atoms with Crippen LogP contribution in [0.1, 0.15) is 41.4 Å². The number of benzene rings is 2. The van der Waals surface area contributed by atoms with Crippen LogP contribution in [0.2, 0.25) is 5.15 Å². The molecule has 2 heterocycles. The van der Waals surface area contributed by atoms with Crippen LogP contribution in [0.4, 0.5) is 0 Å². The number of ether oxygens (including phenoxy) is 1. The third-order valence-corrected chi connectivity index (χ3v) is 6.83. The molecule has 33 heavy (non-hydrogen) atoms. The molecule has 2 aromatic carbocycles. The highest BCUT2D eigenvalue weighted by atomic mass is 35.5. The smallest absolute Gasteiger partial charge is 0.241 e. The Bertz CT molecular complexity index is 1110. The van der Waals surface area contributed by atoms with Gasteiger partial charge < -0.3 is 14.6 Å². The number of likely N-dealkylation sites (N-methyl/N-ethyl adjacent to an activating group) is 1. The number of rotatable bonds is 7. The summed E-state index contributed by atoms with van der Waals surface area (Å²) in [5.74, 6) is 0.853. The lowest BCUT2D eigenvalue weighted by molar-refractivity contribution is -0.128. The molecule has 1 N–H and O–H groups in total. The van der Waals surface area contributed by atoms with Gasteiger partial charge in [0.15, 0.2) is 5.15 Å². The summed E-state index contributed by atoms with van der Waals surface area (Å²) in [6.45, 7) is 8.22. The average molecular weight is 467 g/mol. The summed E-state index contributed by atoms with van der Waals surface area (Å²) in [6, 6.07) is 15.5. The molecular formula is C26H31ClN4O2. The predicted molar refractivity (Wildman–Crippen MR) is 131 cm³/mol. The van der Waals surface area contributed by atoms with E-state index in [0.29, 0.717) is 18.3 Å². The maximum atomic E-state index is 13.1. The van der Waals surface area contributed by atoms with E-state index in [4.69, 9.17) is 16.3 Å². The summed E-state index contributed by atoms with van der Waals surface area (Å²) >= 11 is 6.58. The average Bonchev–Trinajstić information content (AvgIpc) is 3.21. The minimum absolute atomic E-state index is 0.0439. The first-order valence-electron chi connectivity index (χ1n) is 11.3. The normalized spacial score (nSPS) is 17.8. The molecule has 0 spiro atoms. The zero-order valence-corrected chi connectivity index (χ0v) is 20.3. The van der Waals surface area contributed by atoms with E-state index < -0.39 is 6.04 Å². The Kier molecular flexibility index (Phi) is 7.05. The van der Waals surface area contributed by atoms with Crippen LogP contribution >= 0.6 is 11.6 Å². The number of nitrogens with one attached hydrogen (secondary N) is 1. The van der Waals surface area contributed by atoms with Gasteiger partial charge in [-0.05, 0) is 42.7 Å². The Hall–Kier alpha value is -2.83. The van der Waals surface area contributed by atoms with Gasteiger partial charge in [-0.2, -0.15) is 0 Å². The molecule has 0 aliphatic carbocycles. The van der Waals surface area contributed by atoms with Crippen LogP contribution < -0.4 is 10.1 Å². The van der Waals surface area contributed by atoms with Gasteiger partial charge >= 0.3 is 0 Å². The Morgan fingerprint density at radius 1 is 1.18 bits per heavy atom. The van der Waals surface area contributed by atoms with Crippen LogP contribution in [0.15, 0.2) is 54.9 Å². The first-order chi connectivity index (χ1) is 15.9. The Morgan fingerprint density at radius 3 is 2.64 bits per heavy atom. The van der Waals surface area contributed by atoms with Crippen molar-refractivity contribution in [1.82, 2.24) is 19.8 Å². The summed E-state index contributed by atoms with van der Waals surface area (Å²) in [5.41, 5.74) is 4.32. The lowest BCUT2D eigenvalue weighted by atomic mass is 9.92. The molecule has 1 aliphatic heterocycles. The highest BCUT2D eigenvalue weighted by Gasteiger charge is 2.41. The quantitative estimate of drug-likeness (QED) is 0.547. The number of hydrogen-bond acceptors (Lipinski definition) is 4. The monoisotopic (exact) mass is 466 g/mol. The van der Waals surface area contributed by atoms with E-state index in [9.17, 15) is 4.79 Å². The second kappa shape index (κ2) is 9.98. The molecule has 0 bridgehead atoms. The molecule has 3 atom stereocenters. The standard InChI is InChI=1S/C26H31ClN4O2/c1-17-10-11-21(14-18(17)2)33-15-19(3)22-24-25(27)29-16-30(24)12-13-31(22)23(26(32)28-4)20-8-6-5-7-9-20/h5-11,14,16,19,22-23H,12-13,15H2,1-4H3,(H,28,32)/t19-,22?,23+/m0/s1. The van der Waals surface area contributed by atoms with E-state index in [1.807, 2.05) is 36.4 Å². The minimum Gasteiger partial charge on any atom is -0.493 e. The fraction of sp³-hybridized carbons (Fsp3) is 0.385. The van der Waals surface area contributed by atoms with Crippen molar-refractivity contribution in [2.45, 2.75) is 39.4 Å². The van der Waals surface area contributed by atoms with Crippen molar-refractivity contribution < 1.29 is 9.53 Å². The third-order valence-electron chi connectivity index (χ3n) is 6.54. The minimum atomic E-state index is -0.440. The van der Waals surface area contributed by atoms with E-state index in [2.05, 4.69) is 52.7 Å². The zero-order chi connectivity index (χ0) is 23.5. The largest absolute Gasteiger partial charge is 0.493 e. The van der Waals surface area contributed by atoms with Crippen molar-refractivity contribution in [3.63, 3.8) is 0 Å². The van der Waals surface area contributed by atoms with Gasteiger partial charge in [0.25, 0.3) is 0 Å². The van der Waals surface area contributed by atoms with Gasteiger partial charge in [0.05, 0.1) is 24.7 Å². The van der Waals surface area contributed by atoms with Crippen molar-refractivity contribution in [1.29, 1.82) is 0 Å². The van der Waals surface area contributed by atoms with E-state index in [0.717, 1.165) is 23.6 Å². The lowest BCUT2D eigenvalue weighted by Crippen LogP contribution is -2.48. The van der Waals surface area contributed by atoms with Gasteiger partial charge in [-0.25, -0.2) is 4.98 Å². The van der Waals surface area contributed by atoms with Crippen molar-refractivity contribution in [2.24, 2.45) is 5.92 Å². The number of hydrogen-bond donors (Lipinski definition) is 1. The Morgan fingerprint density at radius 2 is 1.94 bits per heavy atom. The van der Waals surface area contributed by atoms with Crippen molar-refractivity contribution in [2.75, 3.05) is 20.2 Å². The van der Waals surface area contributed by atoms with Crippen LogP contribution in [0.25, 0.3) is 0 Å². The van der Waals surface area contributed by atoms with Gasteiger partial charge in [0.2, 0.25) is 5.91 Å². The number of fused-ring (bicyclic) bond motifs is 1. The fourth-order valence-electron chi connectivity index (χ4n) is 4.63. The first kappa shape index (κ1) is 23.3. The summed E-state index contributed by atoms with van der Waals surface area (Å²) in [5, 5.41) is 3.33. The van der Waals surface area contributed by atoms with Gasteiger partial charge in [-0.1, -0.05) is 54.9 Å². The molecule has 0 saturated heterocycles. The topological polar surface area (TPSA) is 59.4 Å². The van der Waals surface area contributed by atoms with E-state index >= 15 is 0 Å². The van der Waals surface area contributed by atoms with E-state index in [1.54, 1.807) is 13.4 Å². The first-order valence-corrected chi connectivity index (χ1v) is 11.7. The molecule has 1 amide bonds. The molecule has 174 valence electrons. The van der Waals surface area contributed by atoms with Crippen molar-refractivity contribution >= 4 is 17.5 Å². The van der Waals surface area contributed by atoms with Crippen LogP contribution in [-0.4, -0.2) is 40.6 Å². The number of imidazole rings is 1. The van der Waals surface area contributed by atoms with Crippen molar-refractivity contribution in [3.8, 4) is 5.75 Å². The highest BCUT2D eigenvalue weighted by Crippen LogP contribution is 2.41. The molecule has 0 saturated carbocycles. The number of aromatic nitrogens is 2. The molecular weight excluding hydrogens is 436 g/mol. The van der Waals surface area contributed by atoms with E-state index in [-0.39, 0.29) is 17.9 Å². The maximum Gasteiger partial charge on any atom is 0.241 e. The Labute approximate surface area is 200 Å². The molecule has 7 heteroatoms. The van der Waals surface area contributed by atoms with Crippen LogP contribution in [0.3, 0.4) is 0 Å². The number of carbonyl (C=O) groups excluding carboxylic acids is 1. The maximum absolute atomic E-state index is 13.1. The third kappa shape index (κ3) is 4.77. The number of halogens is 1. The zero-order valence-electron chi connectivity index (χ0n) is 19.6. The summed E-state index contributed by atoms with van der Waals surface area (Å²) < 4.78 is 8.31. The number of aryl methyl sites for hydroxylation is 2. The molecule has 3 aromatic rings. The number of nitrogens with zero attached hydrogens (tertiary/aromatic N) is 3. The van der Waals surface area contributed by atoms with Crippen LogP contribution in [0, 0.1) is 19.8 Å². The number of carbonyl (C=O) groups is 1. The summed E-state index contributed by atoms with van der Waals surface area (Å²) in [4.78, 5) is 19.7. The molecule has 1 aromatic heterocycles. The Balaban J connectivity index is 1.68. The molecule has 1 unspecified atom stereocenters. The predicted octanol–water partition coefficient (Wildman–Crippen LogP) is 4.71. The highest BCUT2D eigenvalue weighted by molar-refractivity contribution is 6.30.